The van der Waals surface area contributed by atoms with Gasteiger partial charge in [0.1, 0.15) is 5.75 Å². The van der Waals surface area contributed by atoms with Crippen LogP contribution in [0.5, 0.6) is 5.75 Å². The fourth-order valence-electron chi connectivity index (χ4n) is 2.44. The summed E-state index contributed by atoms with van der Waals surface area (Å²) in [5.41, 5.74) is 4.58. The van der Waals surface area contributed by atoms with Crippen LogP contribution in [0.25, 0.3) is 0 Å². The van der Waals surface area contributed by atoms with E-state index in [1.54, 1.807) is 12.7 Å². The van der Waals surface area contributed by atoms with Gasteiger partial charge in [-0.3, -0.25) is 0 Å². The van der Waals surface area contributed by atoms with E-state index in [2.05, 4.69) is 32.9 Å². The smallest absolute Gasteiger partial charge is 0.119 e. The van der Waals surface area contributed by atoms with Crippen molar-refractivity contribution >= 4 is 0 Å². The normalized spacial score (nSPS) is 10.6. The van der Waals surface area contributed by atoms with E-state index >= 15 is 0 Å². The molecule has 0 saturated heterocycles. The number of rotatable bonds is 7. The van der Waals surface area contributed by atoms with Crippen molar-refractivity contribution in [2.45, 2.75) is 59.3 Å². The Morgan fingerprint density at radius 1 is 0.824 bits per heavy atom. The molecule has 0 fully saturated rings. The molecular formula is C16H26O. The third-order valence-electron chi connectivity index (χ3n) is 3.18. The molecular weight excluding hydrogens is 208 g/mol. The Labute approximate surface area is 106 Å². The Bertz CT molecular complexity index is 314. The SMILES string of the molecule is CCCc1cc(OC)cc(CCC)c1CCC. The summed E-state index contributed by atoms with van der Waals surface area (Å²) in [6, 6.07) is 4.46. The molecule has 0 amide bonds. The van der Waals surface area contributed by atoms with Crippen molar-refractivity contribution in [3.63, 3.8) is 0 Å². The zero-order chi connectivity index (χ0) is 12.7. The molecule has 0 unspecified atom stereocenters. The molecule has 0 radical (unpaired) electrons. The molecule has 0 aliphatic rings. The van der Waals surface area contributed by atoms with Crippen LogP contribution in [-0.2, 0) is 19.3 Å². The molecule has 0 aliphatic carbocycles. The average Bonchev–Trinajstić information content (AvgIpc) is 2.33. The average molecular weight is 234 g/mol. The van der Waals surface area contributed by atoms with E-state index < -0.39 is 0 Å². The van der Waals surface area contributed by atoms with Crippen molar-refractivity contribution < 1.29 is 4.74 Å². The summed E-state index contributed by atoms with van der Waals surface area (Å²) in [5, 5.41) is 0. The number of hydrogen-bond donors (Lipinski definition) is 0. The van der Waals surface area contributed by atoms with E-state index in [-0.39, 0.29) is 0 Å². The molecule has 17 heavy (non-hydrogen) atoms. The van der Waals surface area contributed by atoms with Gasteiger partial charge in [0.2, 0.25) is 0 Å². The third kappa shape index (κ3) is 3.76. The maximum absolute atomic E-state index is 5.42. The van der Waals surface area contributed by atoms with Crippen molar-refractivity contribution in [3.8, 4) is 5.75 Å². The van der Waals surface area contributed by atoms with Crippen LogP contribution in [0.15, 0.2) is 12.1 Å². The molecule has 1 heteroatoms. The maximum atomic E-state index is 5.42. The third-order valence-corrected chi connectivity index (χ3v) is 3.18. The highest BCUT2D eigenvalue weighted by Gasteiger charge is 2.09. The minimum atomic E-state index is 1.02. The number of benzene rings is 1. The molecule has 1 aromatic carbocycles. The van der Waals surface area contributed by atoms with Gasteiger partial charge < -0.3 is 4.74 Å². The molecule has 0 spiro atoms. The van der Waals surface area contributed by atoms with Crippen molar-refractivity contribution in [3.05, 3.63) is 28.8 Å². The van der Waals surface area contributed by atoms with E-state index in [4.69, 9.17) is 4.74 Å². The minimum Gasteiger partial charge on any atom is -0.497 e. The molecule has 0 saturated carbocycles. The lowest BCUT2D eigenvalue weighted by Crippen LogP contribution is -2.02. The first-order chi connectivity index (χ1) is 8.26. The number of hydrogen-bond acceptors (Lipinski definition) is 1. The van der Waals surface area contributed by atoms with Gasteiger partial charge in [-0.25, -0.2) is 0 Å². The van der Waals surface area contributed by atoms with Gasteiger partial charge in [0, 0.05) is 0 Å². The second-order valence-corrected chi connectivity index (χ2v) is 4.67. The zero-order valence-electron chi connectivity index (χ0n) is 11.8. The van der Waals surface area contributed by atoms with Gasteiger partial charge in [-0.15, -0.1) is 0 Å². The predicted molar refractivity (Wildman–Crippen MR) is 75.0 cm³/mol. The Morgan fingerprint density at radius 2 is 1.29 bits per heavy atom. The van der Waals surface area contributed by atoms with Gasteiger partial charge in [-0.2, -0.15) is 0 Å². The zero-order valence-corrected chi connectivity index (χ0v) is 11.8. The summed E-state index contributed by atoms with van der Waals surface area (Å²) >= 11 is 0. The fourth-order valence-corrected chi connectivity index (χ4v) is 2.44. The van der Waals surface area contributed by atoms with Gasteiger partial charge in [-0.1, -0.05) is 40.0 Å². The fraction of sp³-hybridized carbons (Fsp3) is 0.625. The van der Waals surface area contributed by atoms with Crippen molar-refractivity contribution in [2.75, 3.05) is 7.11 Å². The van der Waals surface area contributed by atoms with Crippen LogP contribution >= 0.6 is 0 Å². The number of ether oxygens (including phenoxy) is 1. The Kier molecular flexibility index (Phi) is 6.10. The standard InChI is InChI=1S/C16H26O/c1-5-8-13-11-15(17-4)12-14(9-6-2)16(13)10-7-3/h11-12H,5-10H2,1-4H3. The van der Waals surface area contributed by atoms with E-state index in [0.717, 1.165) is 5.75 Å². The largest absolute Gasteiger partial charge is 0.497 e. The highest BCUT2D eigenvalue weighted by molar-refractivity contribution is 5.43. The monoisotopic (exact) mass is 234 g/mol. The second kappa shape index (κ2) is 7.37. The summed E-state index contributed by atoms with van der Waals surface area (Å²) < 4.78 is 5.42. The molecule has 0 bridgehead atoms. The first kappa shape index (κ1) is 14.1. The van der Waals surface area contributed by atoms with E-state index in [1.807, 2.05) is 0 Å². The highest BCUT2D eigenvalue weighted by Crippen LogP contribution is 2.26. The van der Waals surface area contributed by atoms with E-state index in [0.29, 0.717) is 0 Å². The van der Waals surface area contributed by atoms with Gasteiger partial charge >= 0.3 is 0 Å². The number of aryl methyl sites for hydroxylation is 2. The van der Waals surface area contributed by atoms with Crippen LogP contribution in [0, 0.1) is 0 Å². The molecule has 0 aliphatic heterocycles. The van der Waals surface area contributed by atoms with Crippen molar-refractivity contribution in [2.24, 2.45) is 0 Å². The van der Waals surface area contributed by atoms with Gasteiger partial charge in [0.05, 0.1) is 7.11 Å². The molecule has 1 rings (SSSR count). The summed E-state index contributed by atoms with van der Waals surface area (Å²) in [5.74, 6) is 1.02. The van der Waals surface area contributed by atoms with E-state index in [1.165, 1.54) is 49.7 Å². The van der Waals surface area contributed by atoms with Gasteiger partial charge in [0.25, 0.3) is 0 Å². The molecule has 1 aromatic rings. The van der Waals surface area contributed by atoms with E-state index in [9.17, 15) is 0 Å². The molecule has 0 heterocycles. The van der Waals surface area contributed by atoms with Crippen molar-refractivity contribution in [1.82, 2.24) is 0 Å². The topological polar surface area (TPSA) is 9.23 Å². The Balaban J connectivity index is 3.16. The first-order valence-electron chi connectivity index (χ1n) is 6.95. The van der Waals surface area contributed by atoms with Crippen LogP contribution in [0.1, 0.15) is 56.7 Å². The predicted octanol–water partition coefficient (Wildman–Crippen LogP) is 4.55. The lowest BCUT2D eigenvalue weighted by Gasteiger charge is -2.16. The molecule has 96 valence electrons. The van der Waals surface area contributed by atoms with Crippen LogP contribution in [0.2, 0.25) is 0 Å². The molecule has 0 aromatic heterocycles. The lowest BCUT2D eigenvalue weighted by molar-refractivity contribution is 0.413. The first-order valence-corrected chi connectivity index (χ1v) is 6.95. The molecule has 0 N–H and O–H groups in total. The molecule has 0 atom stereocenters. The Hall–Kier alpha value is -0.980. The summed E-state index contributed by atoms with van der Waals surface area (Å²) in [7, 11) is 1.76. The summed E-state index contributed by atoms with van der Waals surface area (Å²) in [4.78, 5) is 0. The summed E-state index contributed by atoms with van der Waals surface area (Å²) in [6.45, 7) is 6.75. The van der Waals surface area contributed by atoms with Crippen LogP contribution in [0.4, 0.5) is 0 Å². The summed E-state index contributed by atoms with van der Waals surface area (Å²) in [6.07, 6.45) is 7.17. The quantitative estimate of drug-likeness (QED) is 0.672. The van der Waals surface area contributed by atoms with Crippen LogP contribution < -0.4 is 4.74 Å². The number of methoxy groups -OCH3 is 1. The molecule has 1 nitrogen and oxygen atoms in total. The highest BCUT2D eigenvalue weighted by atomic mass is 16.5. The van der Waals surface area contributed by atoms with Gasteiger partial charge in [0.15, 0.2) is 0 Å². The van der Waals surface area contributed by atoms with Crippen molar-refractivity contribution in [1.29, 1.82) is 0 Å². The van der Waals surface area contributed by atoms with Crippen LogP contribution in [0.3, 0.4) is 0 Å². The van der Waals surface area contributed by atoms with Gasteiger partial charge in [-0.05, 0) is 48.1 Å². The Morgan fingerprint density at radius 3 is 1.65 bits per heavy atom. The maximum Gasteiger partial charge on any atom is 0.119 e. The lowest BCUT2D eigenvalue weighted by atomic mass is 9.92. The minimum absolute atomic E-state index is 1.02. The van der Waals surface area contributed by atoms with Crippen LogP contribution in [-0.4, -0.2) is 7.11 Å². The second-order valence-electron chi connectivity index (χ2n) is 4.67.